The summed E-state index contributed by atoms with van der Waals surface area (Å²) in [7, 11) is 0. The van der Waals surface area contributed by atoms with E-state index < -0.39 is 0 Å². The molecule has 0 aliphatic carbocycles. The highest BCUT2D eigenvalue weighted by atomic mass is 32.1. The van der Waals surface area contributed by atoms with Crippen molar-refractivity contribution < 1.29 is 0 Å². The molecule has 0 spiro atoms. The van der Waals surface area contributed by atoms with Gasteiger partial charge in [-0.05, 0) is 23.9 Å². The van der Waals surface area contributed by atoms with Crippen LogP contribution in [0.2, 0.25) is 0 Å². The van der Waals surface area contributed by atoms with Gasteiger partial charge < -0.3 is 0 Å². The molecule has 3 rings (SSSR count). The van der Waals surface area contributed by atoms with Crippen molar-refractivity contribution in [2.45, 2.75) is 13.0 Å². The number of hydrogen-bond acceptors (Lipinski definition) is 3. The quantitative estimate of drug-likeness (QED) is 0.790. The minimum atomic E-state index is 0.197. The van der Waals surface area contributed by atoms with Crippen LogP contribution < -0.4 is 0 Å². The van der Waals surface area contributed by atoms with Gasteiger partial charge in [-0.3, -0.25) is 5.01 Å². The molecule has 18 heavy (non-hydrogen) atoms. The van der Waals surface area contributed by atoms with Gasteiger partial charge in [0, 0.05) is 16.6 Å². The summed E-state index contributed by atoms with van der Waals surface area (Å²) in [6.07, 6.45) is 5.97. The molecule has 1 aliphatic rings. The first kappa shape index (κ1) is 11.2. The zero-order chi connectivity index (χ0) is 12.4. The molecule has 1 aromatic heterocycles. The number of fused-ring (bicyclic) bond motifs is 1. The molecule has 0 amide bonds. The van der Waals surface area contributed by atoms with E-state index in [2.05, 4.69) is 46.9 Å². The lowest BCUT2D eigenvalue weighted by molar-refractivity contribution is 0.334. The van der Waals surface area contributed by atoms with Crippen LogP contribution in [0.3, 0.4) is 0 Å². The minimum absolute atomic E-state index is 0.197. The van der Waals surface area contributed by atoms with Crippen molar-refractivity contribution in [3.05, 3.63) is 70.1 Å². The van der Waals surface area contributed by atoms with Gasteiger partial charge in [0.15, 0.2) is 0 Å². The Morgan fingerprint density at radius 2 is 2.11 bits per heavy atom. The average Bonchev–Trinajstić information content (AvgIpc) is 2.92. The maximum Gasteiger partial charge on any atom is 0.112 e. The molecule has 1 aromatic carbocycles. The Morgan fingerprint density at radius 1 is 1.22 bits per heavy atom. The van der Waals surface area contributed by atoms with Crippen LogP contribution in [0.25, 0.3) is 0 Å². The van der Waals surface area contributed by atoms with Gasteiger partial charge in [0.2, 0.25) is 0 Å². The third-order valence-corrected chi connectivity index (χ3v) is 3.92. The van der Waals surface area contributed by atoms with Gasteiger partial charge >= 0.3 is 0 Å². The van der Waals surface area contributed by atoms with Crippen LogP contribution in [-0.2, 0) is 0 Å². The average molecular weight is 254 g/mol. The summed E-state index contributed by atoms with van der Waals surface area (Å²) in [5.74, 6) is 0. The van der Waals surface area contributed by atoms with Crippen LogP contribution in [0.5, 0.6) is 0 Å². The van der Waals surface area contributed by atoms with Crippen molar-refractivity contribution in [1.82, 2.24) is 5.01 Å². The summed E-state index contributed by atoms with van der Waals surface area (Å²) in [4.78, 5) is 1.32. The first-order valence-electron chi connectivity index (χ1n) is 5.97. The lowest BCUT2D eigenvalue weighted by Gasteiger charge is -2.30. The molecule has 90 valence electrons. The Balaban J connectivity index is 2.13. The number of thiophene rings is 1. The van der Waals surface area contributed by atoms with Gasteiger partial charge in [-0.15, -0.1) is 11.3 Å². The second kappa shape index (κ2) is 4.78. The predicted octanol–water partition coefficient (Wildman–Crippen LogP) is 4.02. The monoisotopic (exact) mass is 254 g/mol. The van der Waals surface area contributed by atoms with Crippen LogP contribution in [0.1, 0.15) is 29.0 Å². The van der Waals surface area contributed by atoms with Crippen molar-refractivity contribution in [2.24, 2.45) is 5.10 Å². The van der Waals surface area contributed by atoms with E-state index in [1.54, 1.807) is 11.3 Å². The lowest BCUT2D eigenvalue weighted by atomic mass is 9.98. The molecular weight excluding hydrogens is 240 g/mol. The smallest absolute Gasteiger partial charge is 0.112 e. The highest BCUT2D eigenvalue weighted by molar-refractivity contribution is 7.10. The fourth-order valence-electron chi connectivity index (χ4n) is 2.22. The number of allylic oxidation sites excluding steroid dienone is 1. The third kappa shape index (κ3) is 1.87. The zero-order valence-corrected chi connectivity index (χ0v) is 11.0. The Labute approximate surface area is 111 Å². The molecule has 1 unspecified atom stereocenters. The highest BCUT2D eigenvalue weighted by Crippen LogP contribution is 2.35. The van der Waals surface area contributed by atoms with E-state index in [0.717, 1.165) is 0 Å². The van der Waals surface area contributed by atoms with E-state index in [-0.39, 0.29) is 6.04 Å². The fourth-order valence-corrected chi connectivity index (χ4v) is 3.06. The zero-order valence-electron chi connectivity index (χ0n) is 10.2. The summed E-state index contributed by atoms with van der Waals surface area (Å²) >= 11 is 1.77. The van der Waals surface area contributed by atoms with E-state index in [9.17, 15) is 0 Å². The summed E-state index contributed by atoms with van der Waals surface area (Å²) in [6, 6.07) is 12.9. The molecule has 0 radical (unpaired) electrons. The van der Waals surface area contributed by atoms with Gasteiger partial charge in [0.1, 0.15) is 6.04 Å². The molecule has 1 aliphatic heterocycles. The molecule has 2 aromatic rings. The Bertz CT molecular complexity index is 584. The summed E-state index contributed by atoms with van der Waals surface area (Å²) < 4.78 is 0. The summed E-state index contributed by atoms with van der Waals surface area (Å²) in [6.45, 7) is 2.02. The van der Waals surface area contributed by atoms with E-state index in [1.165, 1.54) is 16.0 Å². The Hall–Kier alpha value is -1.87. The van der Waals surface area contributed by atoms with E-state index >= 15 is 0 Å². The summed E-state index contributed by atoms with van der Waals surface area (Å²) in [5, 5.41) is 8.66. The molecular formula is C15H14N2S. The largest absolute Gasteiger partial charge is 0.260 e. The van der Waals surface area contributed by atoms with Gasteiger partial charge in [0.25, 0.3) is 0 Å². The normalized spacial score (nSPS) is 18.3. The molecule has 1 atom stereocenters. The number of hydrazone groups is 1. The number of benzene rings is 1. The van der Waals surface area contributed by atoms with Crippen molar-refractivity contribution in [2.75, 3.05) is 0 Å². The lowest BCUT2D eigenvalue weighted by Crippen LogP contribution is -2.23. The van der Waals surface area contributed by atoms with Gasteiger partial charge in [-0.1, -0.05) is 36.4 Å². The topological polar surface area (TPSA) is 15.6 Å². The van der Waals surface area contributed by atoms with Gasteiger partial charge in [-0.2, -0.15) is 5.10 Å². The predicted molar refractivity (Wildman–Crippen MR) is 76.9 cm³/mol. The maximum atomic E-state index is 4.53. The first-order valence-corrected chi connectivity index (χ1v) is 6.85. The minimum Gasteiger partial charge on any atom is -0.260 e. The second-order valence-electron chi connectivity index (χ2n) is 4.15. The highest BCUT2D eigenvalue weighted by Gasteiger charge is 2.25. The second-order valence-corrected chi connectivity index (χ2v) is 5.13. The van der Waals surface area contributed by atoms with Crippen LogP contribution >= 0.6 is 11.3 Å². The Kier molecular flexibility index (Phi) is 2.99. The molecule has 0 N–H and O–H groups in total. The standard InChI is InChI=1S/C15H14N2S/c1-2-9-17-15(14-8-5-10-18-14)13-7-4-3-6-12(13)11-16-17/h2-11,15H,1H3. The van der Waals surface area contributed by atoms with Crippen LogP contribution in [-0.4, -0.2) is 11.2 Å². The van der Waals surface area contributed by atoms with E-state index in [4.69, 9.17) is 0 Å². The number of rotatable bonds is 2. The number of nitrogens with zero attached hydrogens (tertiary/aromatic N) is 2. The molecule has 2 nitrogen and oxygen atoms in total. The van der Waals surface area contributed by atoms with Crippen molar-refractivity contribution in [3.8, 4) is 0 Å². The van der Waals surface area contributed by atoms with Crippen molar-refractivity contribution in [1.29, 1.82) is 0 Å². The van der Waals surface area contributed by atoms with Crippen LogP contribution in [0.15, 0.2) is 59.2 Å². The van der Waals surface area contributed by atoms with Crippen LogP contribution in [0, 0.1) is 0 Å². The SMILES string of the molecule is CC=CN1N=Cc2ccccc2C1c1cccs1. The molecule has 0 bridgehead atoms. The van der Waals surface area contributed by atoms with Crippen molar-refractivity contribution in [3.63, 3.8) is 0 Å². The molecule has 0 saturated carbocycles. The fraction of sp³-hybridized carbons (Fsp3) is 0.133. The summed E-state index contributed by atoms with van der Waals surface area (Å²) in [5.41, 5.74) is 2.52. The van der Waals surface area contributed by atoms with Gasteiger partial charge in [-0.25, -0.2) is 0 Å². The van der Waals surface area contributed by atoms with Gasteiger partial charge in [0.05, 0.1) is 6.21 Å². The van der Waals surface area contributed by atoms with E-state index in [0.29, 0.717) is 0 Å². The third-order valence-electron chi connectivity index (χ3n) is 3.00. The number of hydrogen-bond donors (Lipinski definition) is 0. The van der Waals surface area contributed by atoms with Crippen LogP contribution in [0.4, 0.5) is 0 Å². The van der Waals surface area contributed by atoms with Crippen molar-refractivity contribution >= 4 is 17.6 Å². The molecule has 2 heterocycles. The molecule has 0 saturated heterocycles. The molecule has 0 fully saturated rings. The maximum absolute atomic E-state index is 4.53. The molecule has 3 heteroatoms. The van der Waals surface area contributed by atoms with E-state index in [1.807, 2.05) is 30.4 Å². The first-order chi connectivity index (χ1) is 8.90. The Morgan fingerprint density at radius 3 is 2.89 bits per heavy atom.